The van der Waals surface area contributed by atoms with E-state index >= 15 is 0 Å². The van der Waals surface area contributed by atoms with Gasteiger partial charge in [0.15, 0.2) is 0 Å². The van der Waals surface area contributed by atoms with Crippen molar-refractivity contribution in [2.75, 3.05) is 6.26 Å². The fourth-order valence-corrected chi connectivity index (χ4v) is 0.471. The maximum Gasteiger partial charge on any atom is 0.138 e. The predicted molar refractivity (Wildman–Crippen MR) is 34.3 cm³/mol. The highest BCUT2D eigenvalue weighted by Gasteiger charge is 1.63. The highest BCUT2D eigenvalue weighted by atomic mass is 32.2. The van der Waals surface area contributed by atoms with Gasteiger partial charge in [0, 0.05) is 0 Å². The van der Waals surface area contributed by atoms with Gasteiger partial charge in [0.1, 0.15) is 7.28 Å². The molecule has 33 valence electrons. The molecule has 0 saturated carbocycles. The lowest BCUT2D eigenvalue weighted by Crippen LogP contribution is -1.64. The van der Waals surface area contributed by atoms with E-state index in [1.165, 1.54) is 0 Å². The Labute approximate surface area is 44.3 Å². The van der Waals surface area contributed by atoms with E-state index in [1.807, 2.05) is 31.7 Å². The second-order valence-electron chi connectivity index (χ2n) is 0.898. The first kappa shape index (κ1) is 6.15. The van der Waals surface area contributed by atoms with Crippen molar-refractivity contribution in [2.24, 2.45) is 0 Å². The highest BCUT2D eigenvalue weighted by Crippen LogP contribution is 1.90. The first-order valence-corrected chi connectivity index (χ1v) is 3.18. The molecule has 0 N–H and O–H groups in total. The van der Waals surface area contributed by atoms with Crippen LogP contribution in [0.3, 0.4) is 0 Å². The van der Waals surface area contributed by atoms with Crippen molar-refractivity contribution in [1.82, 2.24) is 0 Å². The van der Waals surface area contributed by atoms with Crippen molar-refractivity contribution in [1.29, 1.82) is 0 Å². The summed E-state index contributed by atoms with van der Waals surface area (Å²) in [4.78, 5) is 0. The molecule has 1 radical (unpaired) electrons. The summed E-state index contributed by atoms with van der Waals surface area (Å²) in [5.74, 6) is 2.02. The van der Waals surface area contributed by atoms with Gasteiger partial charge in [-0.2, -0.15) is 0 Å². The van der Waals surface area contributed by atoms with Crippen molar-refractivity contribution in [3.05, 3.63) is 11.4 Å². The van der Waals surface area contributed by atoms with Crippen molar-refractivity contribution < 1.29 is 0 Å². The summed E-state index contributed by atoms with van der Waals surface area (Å²) >= 11 is 1.71. The van der Waals surface area contributed by atoms with Gasteiger partial charge in [-0.25, -0.2) is 0 Å². The van der Waals surface area contributed by atoms with Gasteiger partial charge in [0.05, 0.1) is 0 Å². The first-order chi connectivity index (χ1) is 2.91. The van der Waals surface area contributed by atoms with Gasteiger partial charge >= 0.3 is 0 Å². The lowest BCUT2D eigenvalue weighted by atomic mass is 9.84. The van der Waals surface area contributed by atoms with Crippen molar-refractivity contribution >= 4 is 19.0 Å². The van der Waals surface area contributed by atoms with E-state index in [1.54, 1.807) is 11.8 Å². The van der Waals surface area contributed by atoms with Crippen LogP contribution in [0.15, 0.2) is 11.4 Å². The van der Waals surface area contributed by atoms with Crippen LogP contribution in [0.25, 0.3) is 0 Å². The molecule has 0 atom stereocenters. The van der Waals surface area contributed by atoms with Crippen LogP contribution < -0.4 is 0 Å². The predicted octanol–water partition coefficient (Wildman–Crippen LogP) is 1.57. The Balaban J connectivity index is 2.73. The quantitative estimate of drug-likeness (QED) is 0.473. The second-order valence-corrected chi connectivity index (χ2v) is 1.64. The van der Waals surface area contributed by atoms with Gasteiger partial charge in [-0.05, 0) is 11.7 Å². The van der Waals surface area contributed by atoms with Crippen molar-refractivity contribution in [3.8, 4) is 0 Å². The van der Waals surface area contributed by atoms with E-state index in [0.29, 0.717) is 0 Å². The van der Waals surface area contributed by atoms with Gasteiger partial charge in [-0.3, -0.25) is 0 Å². The summed E-state index contributed by atoms with van der Waals surface area (Å²) < 4.78 is 0. The van der Waals surface area contributed by atoms with Crippen molar-refractivity contribution in [3.63, 3.8) is 0 Å². The van der Waals surface area contributed by atoms with Crippen LogP contribution in [0, 0.1) is 0 Å². The molecular formula is C4H8BS. The third-order valence-electron chi connectivity index (χ3n) is 0.407. The normalized spacial score (nSPS) is 9.67. The van der Waals surface area contributed by atoms with E-state index in [2.05, 4.69) is 0 Å². The molecule has 0 bridgehead atoms. The molecule has 0 nitrogen and oxygen atoms in total. The average molecular weight is 99.0 g/mol. The summed E-state index contributed by atoms with van der Waals surface area (Å²) in [6, 6.07) is 0. The van der Waals surface area contributed by atoms with Crippen LogP contribution in [-0.4, -0.2) is 13.5 Å². The molecule has 0 aromatic rings. The smallest absolute Gasteiger partial charge is 0.138 e. The van der Waals surface area contributed by atoms with E-state index < -0.39 is 0 Å². The van der Waals surface area contributed by atoms with Crippen LogP contribution in [0.2, 0.25) is 6.82 Å². The topological polar surface area (TPSA) is 0 Å². The zero-order valence-corrected chi connectivity index (χ0v) is 4.96. The molecule has 0 unspecified atom stereocenters. The first-order valence-electron chi connectivity index (χ1n) is 1.89. The van der Waals surface area contributed by atoms with Gasteiger partial charge in [0.2, 0.25) is 0 Å². The molecule has 2 heteroatoms. The lowest BCUT2D eigenvalue weighted by molar-refractivity contribution is 2.24. The zero-order chi connectivity index (χ0) is 4.83. The lowest BCUT2D eigenvalue weighted by Gasteiger charge is -1.71. The van der Waals surface area contributed by atoms with Gasteiger partial charge < -0.3 is 0 Å². The molecule has 0 aromatic carbocycles. The van der Waals surface area contributed by atoms with Crippen molar-refractivity contribution in [2.45, 2.75) is 6.82 Å². The highest BCUT2D eigenvalue weighted by molar-refractivity contribution is 8.01. The molecule has 0 rings (SSSR count). The Morgan fingerprint density at radius 2 is 2.33 bits per heavy atom. The Bertz CT molecular complexity index is 36.8. The van der Waals surface area contributed by atoms with E-state index in [4.69, 9.17) is 0 Å². The van der Waals surface area contributed by atoms with Gasteiger partial charge in [-0.1, -0.05) is 6.82 Å². The van der Waals surface area contributed by atoms with E-state index in [9.17, 15) is 0 Å². The summed E-state index contributed by atoms with van der Waals surface area (Å²) in [6.07, 6.45) is 2.04. The molecule has 0 aliphatic heterocycles. The molecule has 0 amide bonds. The Kier molecular flexibility index (Phi) is 5.29. The van der Waals surface area contributed by atoms with Crippen LogP contribution in [0.4, 0.5) is 0 Å². The minimum Gasteiger partial charge on any atom is -0.139 e. The molecule has 0 saturated heterocycles. The fourth-order valence-electron chi connectivity index (χ4n) is 0.157. The molecule has 0 fully saturated rings. The molecular weight excluding hydrogens is 90.9 g/mol. The maximum absolute atomic E-state index is 2.04. The molecule has 6 heavy (non-hydrogen) atoms. The van der Waals surface area contributed by atoms with Gasteiger partial charge in [-0.15, -0.1) is 17.7 Å². The number of hydrogen-bond donors (Lipinski definition) is 0. The molecule has 0 aliphatic carbocycles. The largest absolute Gasteiger partial charge is 0.139 e. The molecule has 0 aromatic heterocycles. The molecule has 0 spiro atoms. The summed E-state index contributed by atoms with van der Waals surface area (Å²) in [5, 5.41) is 2.04. The molecule has 0 aliphatic rings. The third kappa shape index (κ3) is 4.15. The van der Waals surface area contributed by atoms with Crippen LogP contribution in [0.5, 0.6) is 0 Å². The summed E-state index contributed by atoms with van der Waals surface area (Å²) in [7, 11) is 2.01. The minimum absolute atomic E-state index is 1.71. The standard InChI is InChI=1S/C4H8BS/c1-5-3-4-6-2/h3-4H,1-2H3/b4-3+. The Hall–Kier alpha value is 0.155. The number of rotatable bonds is 2. The Morgan fingerprint density at radius 3 is 2.50 bits per heavy atom. The Morgan fingerprint density at radius 1 is 1.67 bits per heavy atom. The van der Waals surface area contributed by atoms with Crippen LogP contribution >= 0.6 is 11.8 Å². The second kappa shape index (κ2) is 5.15. The summed E-state index contributed by atoms with van der Waals surface area (Å²) in [6.45, 7) is 2.01. The number of thioether (sulfide) groups is 1. The average Bonchev–Trinajstić information content (AvgIpc) is 1.61. The third-order valence-corrected chi connectivity index (χ3v) is 0.836. The molecule has 0 heterocycles. The van der Waals surface area contributed by atoms with E-state index in [-0.39, 0.29) is 0 Å². The maximum atomic E-state index is 2.04. The van der Waals surface area contributed by atoms with Gasteiger partial charge in [0.25, 0.3) is 0 Å². The van der Waals surface area contributed by atoms with Crippen LogP contribution in [-0.2, 0) is 0 Å². The number of hydrogen-bond acceptors (Lipinski definition) is 1. The zero-order valence-electron chi connectivity index (χ0n) is 4.14. The summed E-state index contributed by atoms with van der Waals surface area (Å²) in [5.41, 5.74) is 0. The minimum atomic E-state index is 1.71. The van der Waals surface area contributed by atoms with Crippen LogP contribution in [0.1, 0.15) is 0 Å². The SMILES string of the molecule is C[B]/C=C/SC. The fraction of sp³-hybridized carbons (Fsp3) is 0.500. The van der Waals surface area contributed by atoms with E-state index in [0.717, 1.165) is 0 Å². The monoisotopic (exact) mass is 99.0 g/mol.